The highest BCUT2D eigenvalue weighted by Gasteiger charge is 2.07. The lowest BCUT2D eigenvalue weighted by atomic mass is 10.2. The molecule has 0 spiro atoms. The number of methoxy groups -OCH3 is 1. The molecule has 2 rings (SSSR count). The summed E-state index contributed by atoms with van der Waals surface area (Å²) in [7, 11) is 1.55. The molecule has 2 aromatic carbocycles. The molecule has 0 aromatic heterocycles. The Morgan fingerprint density at radius 1 is 1.23 bits per heavy atom. The van der Waals surface area contributed by atoms with Gasteiger partial charge in [-0.15, -0.1) is 0 Å². The summed E-state index contributed by atoms with van der Waals surface area (Å²) in [4.78, 5) is 10.6. The second-order valence-electron chi connectivity index (χ2n) is 4.46. The van der Waals surface area contributed by atoms with Crippen LogP contribution in [0.2, 0.25) is 5.02 Å². The molecule has 0 bridgehead atoms. The van der Waals surface area contributed by atoms with Crippen molar-refractivity contribution < 1.29 is 19.4 Å². The molecule has 4 nitrogen and oxygen atoms in total. The van der Waals surface area contributed by atoms with Gasteiger partial charge >= 0.3 is 5.97 Å². The molecule has 0 aliphatic carbocycles. The fourth-order valence-electron chi connectivity index (χ4n) is 1.85. The maximum Gasteiger partial charge on any atom is 0.328 e. The fraction of sp³-hybridized carbons (Fsp3) is 0.118. The van der Waals surface area contributed by atoms with Gasteiger partial charge in [-0.1, -0.05) is 35.9 Å². The molecular weight excluding hydrogens is 304 g/mol. The standard InChI is InChI=1S/C17H15ClO4/c1-21-15-8-6-12(7-9-17(19)20)10-16(15)22-11-13-4-2-3-5-14(13)18/h2-10H,11H2,1H3,(H,19,20)/b9-7+. The highest BCUT2D eigenvalue weighted by Crippen LogP contribution is 2.30. The van der Waals surface area contributed by atoms with E-state index < -0.39 is 5.97 Å². The van der Waals surface area contributed by atoms with Gasteiger partial charge in [0.15, 0.2) is 11.5 Å². The molecule has 0 aliphatic heterocycles. The Labute approximate surface area is 133 Å². The summed E-state index contributed by atoms with van der Waals surface area (Å²) < 4.78 is 11.0. The minimum absolute atomic E-state index is 0.294. The van der Waals surface area contributed by atoms with Crippen LogP contribution in [0.1, 0.15) is 11.1 Å². The van der Waals surface area contributed by atoms with Gasteiger partial charge < -0.3 is 14.6 Å². The first-order chi connectivity index (χ1) is 10.6. The minimum Gasteiger partial charge on any atom is -0.493 e. The van der Waals surface area contributed by atoms with Crippen molar-refractivity contribution in [2.24, 2.45) is 0 Å². The molecule has 0 fully saturated rings. The van der Waals surface area contributed by atoms with E-state index in [1.165, 1.54) is 6.08 Å². The van der Waals surface area contributed by atoms with Crippen molar-refractivity contribution >= 4 is 23.6 Å². The molecular formula is C17H15ClO4. The van der Waals surface area contributed by atoms with E-state index in [2.05, 4.69) is 0 Å². The lowest BCUT2D eigenvalue weighted by molar-refractivity contribution is -0.131. The summed E-state index contributed by atoms with van der Waals surface area (Å²) in [6.07, 6.45) is 2.56. The normalized spacial score (nSPS) is 10.6. The molecule has 0 radical (unpaired) electrons. The smallest absolute Gasteiger partial charge is 0.328 e. The van der Waals surface area contributed by atoms with E-state index in [1.807, 2.05) is 18.2 Å². The molecule has 0 aliphatic rings. The van der Waals surface area contributed by atoms with Crippen LogP contribution in [0, 0.1) is 0 Å². The average Bonchev–Trinajstić information content (AvgIpc) is 2.52. The van der Waals surface area contributed by atoms with E-state index in [4.69, 9.17) is 26.2 Å². The number of carboxylic acids is 1. The van der Waals surface area contributed by atoms with Crippen molar-refractivity contribution in [3.8, 4) is 11.5 Å². The van der Waals surface area contributed by atoms with Crippen LogP contribution < -0.4 is 9.47 Å². The van der Waals surface area contributed by atoms with Crippen molar-refractivity contribution in [1.82, 2.24) is 0 Å². The number of carbonyl (C=O) groups is 1. The van der Waals surface area contributed by atoms with Gasteiger partial charge in [0.2, 0.25) is 0 Å². The SMILES string of the molecule is COc1ccc(/C=C/C(=O)O)cc1OCc1ccccc1Cl. The number of ether oxygens (including phenoxy) is 2. The number of benzene rings is 2. The van der Waals surface area contributed by atoms with E-state index in [0.29, 0.717) is 28.7 Å². The van der Waals surface area contributed by atoms with E-state index >= 15 is 0 Å². The number of halogens is 1. The molecule has 0 saturated carbocycles. The van der Waals surface area contributed by atoms with Crippen molar-refractivity contribution in [1.29, 1.82) is 0 Å². The summed E-state index contributed by atoms with van der Waals surface area (Å²) >= 11 is 6.09. The van der Waals surface area contributed by atoms with Crippen LogP contribution in [-0.4, -0.2) is 18.2 Å². The van der Waals surface area contributed by atoms with Crippen LogP contribution in [0.15, 0.2) is 48.5 Å². The number of hydrogen-bond donors (Lipinski definition) is 1. The third-order valence-electron chi connectivity index (χ3n) is 2.95. The summed E-state index contributed by atoms with van der Waals surface area (Å²) in [6, 6.07) is 12.6. The number of rotatable bonds is 6. The van der Waals surface area contributed by atoms with Crippen LogP contribution in [0.5, 0.6) is 11.5 Å². The molecule has 2 aromatic rings. The summed E-state index contributed by atoms with van der Waals surface area (Å²) in [6.45, 7) is 0.294. The van der Waals surface area contributed by atoms with Gasteiger partial charge in [0.05, 0.1) is 7.11 Å². The van der Waals surface area contributed by atoms with Crippen molar-refractivity contribution in [2.75, 3.05) is 7.11 Å². The fourth-order valence-corrected chi connectivity index (χ4v) is 2.04. The van der Waals surface area contributed by atoms with E-state index in [9.17, 15) is 4.79 Å². The highest BCUT2D eigenvalue weighted by molar-refractivity contribution is 6.31. The molecule has 0 heterocycles. The molecule has 22 heavy (non-hydrogen) atoms. The monoisotopic (exact) mass is 318 g/mol. The molecule has 114 valence electrons. The topological polar surface area (TPSA) is 55.8 Å². The first-order valence-corrected chi connectivity index (χ1v) is 6.93. The van der Waals surface area contributed by atoms with Gasteiger partial charge in [-0.2, -0.15) is 0 Å². The van der Waals surface area contributed by atoms with Crippen LogP contribution in [0.25, 0.3) is 6.08 Å². The van der Waals surface area contributed by atoms with Crippen molar-refractivity contribution in [3.05, 3.63) is 64.7 Å². The van der Waals surface area contributed by atoms with Crippen molar-refractivity contribution in [2.45, 2.75) is 6.61 Å². The van der Waals surface area contributed by atoms with Gasteiger partial charge in [0, 0.05) is 16.7 Å². The molecule has 5 heteroatoms. The van der Waals surface area contributed by atoms with E-state index in [1.54, 1.807) is 31.4 Å². The Hall–Kier alpha value is -2.46. The van der Waals surface area contributed by atoms with Crippen LogP contribution in [0.4, 0.5) is 0 Å². The zero-order chi connectivity index (χ0) is 15.9. The van der Waals surface area contributed by atoms with Crippen molar-refractivity contribution in [3.63, 3.8) is 0 Å². The number of hydrogen-bond acceptors (Lipinski definition) is 3. The molecule has 0 unspecified atom stereocenters. The number of aliphatic carboxylic acids is 1. The maximum atomic E-state index is 10.6. The zero-order valence-corrected chi connectivity index (χ0v) is 12.7. The Morgan fingerprint density at radius 3 is 2.68 bits per heavy atom. The third kappa shape index (κ3) is 4.27. The van der Waals surface area contributed by atoms with Crippen LogP contribution in [0.3, 0.4) is 0 Å². The minimum atomic E-state index is -1.01. The molecule has 1 N–H and O–H groups in total. The predicted molar refractivity (Wildman–Crippen MR) is 85.4 cm³/mol. The first-order valence-electron chi connectivity index (χ1n) is 6.55. The highest BCUT2D eigenvalue weighted by atomic mass is 35.5. The second-order valence-corrected chi connectivity index (χ2v) is 4.87. The zero-order valence-electron chi connectivity index (χ0n) is 12.0. The lowest BCUT2D eigenvalue weighted by Crippen LogP contribution is -1.98. The lowest BCUT2D eigenvalue weighted by Gasteiger charge is -2.12. The first kappa shape index (κ1) is 15.9. The van der Waals surface area contributed by atoms with Gasteiger partial charge in [-0.3, -0.25) is 0 Å². The Morgan fingerprint density at radius 2 is 2.00 bits per heavy atom. The van der Waals surface area contributed by atoms with Gasteiger partial charge in [-0.25, -0.2) is 4.79 Å². The summed E-state index contributed by atoms with van der Waals surface area (Å²) in [5.41, 5.74) is 1.56. The Balaban J connectivity index is 2.19. The summed E-state index contributed by atoms with van der Waals surface area (Å²) in [5.74, 6) is 0.0869. The molecule has 0 atom stereocenters. The van der Waals surface area contributed by atoms with Gasteiger partial charge in [0.25, 0.3) is 0 Å². The number of carboxylic acid groups (broad SMARTS) is 1. The molecule has 0 amide bonds. The van der Waals surface area contributed by atoms with Gasteiger partial charge in [-0.05, 0) is 29.8 Å². The van der Waals surface area contributed by atoms with Crippen LogP contribution >= 0.6 is 11.6 Å². The largest absolute Gasteiger partial charge is 0.493 e. The quantitative estimate of drug-likeness (QED) is 0.817. The summed E-state index contributed by atoms with van der Waals surface area (Å²) in [5, 5.41) is 9.30. The predicted octanol–water partition coefficient (Wildman–Crippen LogP) is 4.03. The van der Waals surface area contributed by atoms with Crippen LogP contribution in [-0.2, 0) is 11.4 Å². The Bertz CT molecular complexity index is 695. The van der Waals surface area contributed by atoms with E-state index in [-0.39, 0.29) is 0 Å². The van der Waals surface area contributed by atoms with E-state index in [0.717, 1.165) is 11.6 Å². The maximum absolute atomic E-state index is 10.6. The Kier molecular flexibility index (Phi) is 5.44. The van der Waals surface area contributed by atoms with Gasteiger partial charge in [0.1, 0.15) is 6.61 Å². The third-order valence-corrected chi connectivity index (χ3v) is 3.32. The average molecular weight is 319 g/mol. The second kappa shape index (κ2) is 7.52. The molecule has 0 saturated heterocycles.